The molecule has 14 heteroatoms. The van der Waals surface area contributed by atoms with E-state index >= 15 is 0 Å². The van der Waals surface area contributed by atoms with E-state index in [1.54, 1.807) is 0 Å². The van der Waals surface area contributed by atoms with E-state index in [0.29, 0.717) is 37.9 Å². The van der Waals surface area contributed by atoms with Crippen molar-refractivity contribution in [3.8, 4) is 23.0 Å². The van der Waals surface area contributed by atoms with E-state index < -0.39 is 25.2 Å². The third-order valence-corrected chi connectivity index (χ3v) is 26.0. The van der Waals surface area contributed by atoms with Gasteiger partial charge in [-0.3, -0.25) is 0 Å². The van der Waals surface area contributed by atoms with E-state index in [-0.39, 0.29) is 24.0 Å². The fourth-order valence-electron chi connectivity index (χ4n) is 16.2. The number of nitrogens with zero attached hydrogens (tertiary/aromatic N) is 2. The highest BCUT2D eigenvalue weighted by Crippen LogP contribution is 2.47. The Labute approximate surface area is 608 Å². The Morgan fingerprint density at radius 3 is 1.07 bits per heavy atom. The molecule has 10 unspecified atom stereocenters. The SMILES string of the molecule is Cc1c(C)c2c(c(C)c1OC(O)CCC(O)OCCC1CCN(CCSSCCN3CCC(CCOC(O)CCC(O)Oc4c(C)c(C)c5c(c4C)CCC(C)(CCCC(C)CCCC(C)CCCC(C)C)O5)CC3)CC1)CCC(C)(CCCC(C)CCCC(C)CCCC(C)C)O2. The number of aliphatic hydroxyl groups is 4. The first kappa shape index (κ1) is 85.0. The minimum Gasteiger partial charge on any atom is -0.487 e. The van der Waals surface area contributed by atoms with Crippen LogP contribution in [-0.2, 0) is 22.3 Å². The summed E-state index contributed by atoms with van der Waals surface area (Å²) in [5.74, 6) is 11.8. The Kier molecular flexibility index (Phi) is 38.2. The molecule has 4 aliphatic rings. The van der Waals surface area contributed by atoms with Crippen molar-refractivity contribution in [3.05, 3.63) is 44.5 Å². The van der Waals surface area contributed by atoms with Gasteiger partial charge in [-0.25, -0.2) is 0 Å². The molecule has 0 bridgehead atoms. The topological polar surface area (TPSA) is 143 Å². The highest BCUT2D eigenvalue weighted by molar-refractivity contribution is 8.76. The van der Waals surface area contributed by atoms with Crippen molar-refractivity contribution in [1.82, 2.24) is 9.80 Å². The summed E-state index contributed by atoms with van der Waals surface area (Å²) in [6, 6.07) is 0. The highest BCUT2D eigenvalue weighted by Gasteiger charge is 2.37. The average Bonchev–Trinajstić information content (AvgIpc) is 0.767. The predicted octanol–water partition coefficient (Wildman–Crippen LogP) is 20.5. The molecule has 2 fully saturated rings. The summed E-state index contributed by atoms with van der Waals surface area (Å²) in [6.07, 6.45) is 31.0. The van der Waals surface area contributed by atoms with Gasteiger partial charge in [0.25, 0.3) is 0 Å². The number of benzene rings is 2. The minimum absolute atomic E-state index is 0.172. The summed E-state index contributed by atoms with van der Waals surface area (Å²) < 4.78 is 38.0. The Hall–Kier alpha value is -1.98. The fourth-order valence-corrected chi connectivity index (χ4v) is 18.2. The summed E-state index contributed by atoms with van der Waals surface area (Å²) in [4.78, 5) is 5.21. The average molecular weight is 1410 g/mol. The number of fused-ring (bicyclic) bond motifs is 2. The van der Waals surface area contributed by atoms with Crippen LogP contribution < -0.4 is 18.9 Å². The maximum atomic E-state index is 11.1. The van der Waals surface area contributed by atoms with Gasteiger partial charge in [-0.1, -0.05) is 167 Å². The van der Waals surface area contributed by atoms with E-state index in [0.717, 1.165) is 220 Å². The quantitative estimate of drug-likeness (QED) is 0.0283. The molecule has 566 valence electrons. The van der Waals surface area contributed by atoms with E-state index in [4.69, 9.17) is 28.4 Å². The number of ether oxygens (including phenoxy) is 6. The molecular weight excluding hydrogens is 1260 g/mol. The highest BCUT2D eigenvalue weighted by atomic mass is 33.1. The Bertz CT molecular complexity index is 2380. The zero-order valence-corrected chi connectivity index (χ0v) is 67.2. The van der Waals surface area contributed by atoms with Gasteiger partial charge in [-0.2, -0.15) is 0 Å². The maximum Gasteiger partial charge on any atom is 0.197 e. The molecule has 2 aromatic carbocycles. The van der Waals surface area contributed by atoms with Crippen molar-refractivity contribution in [1.29, 1.82) is 0 Å². The summed E-state index contributed by atoms with van der Waals surface area (Å²) in [5.41, 5.74) is 8.37. The van der Waals surface area contributed by atoms with Crippen LogP contribution in [-0.4, -0.2) is 131 Å². The van der Waals surface area contributed by atoms with Crippen LogP contribution in [0.2, 0.25) is 0 Å². The van der Waals surface area contributed by atoms with E-state index in [1.807, 2.05) is 21.6 Å². The number of hydrogen-bond donors (Lipinski definition) is 4. The van der Waals surface area contributed by atoms with Crippen LogP contribution in [0.3, 0.4) is 0 Å². The third kappa shape index (κ3) is 29.9. The summed E-state index contributed by atoms with van der Waals surface area (Å²) in [6.45, 7) is 44.1. The Morgan fingerprint density at radius 2 is 0.735 bits per heavy atom. The zero-order chi connectivity index (χ0) is 71.4. The minimum atomic E-state index is -1.03. The number of hydrogen-bond acceptors (Lipinski definition) is 14. The number of piperidine rings is 2. The van der Waals surface area contributed by atoms with Crippen molar-refractivity contribution in [2.75, 3.05) is 64.0 Å². The first-order valence-electron chi connectivity index (χ1n) is 40.3. The van der Waals surface area contributed by atoms with Gasteiger partial charge in [-0.05, 0) is 252 Å². The molecule has 0 spiro atoms. The molecular formula is C84H148N2O10S2. The fraction of sp³-hybridized carbons (Fsp3) is 0.857. The lowest BCUT2D eigenvalue weighted by molar-refractivity contribution is -0.122. The van der Waals surface area contributed by atoms with Gasteiger partial charge < -0.3 is 58.6 Å². The van der Waals surface area contributed by atoms with Gasteiger partial charge in [0.2, 0.25) is 0 Å². The van der Waals surface area contributed by atoms with Crippen LogP contribution in [0.15, 0.2) is 0 Å². The van der Waals surface area contributed by atoms with Crippen LogP contribution in [0.5, 0.6) is 23.0 Å². The van der Waals surface area contributed by atoms with Gasteiger partial charge in [0.05, 0.1) is 0 Å². The lowest BCUT2D eigenvalue weighted by Crippen LogP contribution is -2.37. The normalized spacial score (nSPS) is 21.5. The van der Waals surface area contributed by atoms with Crippen LogP contribution in [0.25, 0.3) is 0 Å². The van der Waals surface area contributed by atoms with Crippen LogP contribution in [0.4, 0.5) is 0 Å². The van der Waals surface area contributed by atoms with Gasteiger partial charge in [-0.15, -0.1) is 0 Å². The molecule has 0 aromatic heterocycles. The molecule has 0 radical (unpaired) electrons. The van der Waals surface area contributed by atoms with Crippen molar-refractivity contribution >= 4 is 21.6 Å². The predicted molar refractivity (Wildman–Crippen MR) is 414 cm³/mol. The van der Waals surface area contributed by atoms with Crippen LogP contribution in [0, 0.1) is 88.9 Å². The Morgan fingerprint density at radius 1 is 0.418 bits per heavy atom. The van der Waals surface area contributed by atoms with Crippen molar-refractivity contribution in [2.24, 2.45) is 47.3 Å². The summed E-state index contributed by atoms with van der Waals surface area (Å²) in [5, 5.41) is 43.7. The first-order chi connectivity index (χ1) is 46.7. The summed E-state index contributed by atoms with van der Waals surface area (Å²) in [7, 11) is 4.01. The number of aliphatic hydroxyl groups excluding tert-OH is 4. The first-order valence-corrected chi connectivity index (χ1v) is 42.8. The van der Waals surface area contributed by atoms with Crippen LogP contribution >= 0.6 is 21.6 Å². The molecule has 10 atom stereocenters. The molecule has 0 aliphatic carbocycles. The second-order valence-corrected chi connectivity index (χ2v) is 36.3. The van der Waals surface area contributed by atoms with Crippen LogP contribution in [0.1, 0.15) is 306 Å². The monoisotopic (exact) mass is 1410 g/mol. The largest absolute Gasteiger partial charge is 0.487 e. The molecule has 2 aromatic rings. The molecule has 4 N–H and O–H groups in total. The number of likely N-dealkylation sites (tertiary alicyclic amines) is 2. The molecule has 6 rings (SSSR count). The molecule has 12 nitrogen and oxygen atoms in total. The lowest BCUT2D eigenvalue weighted by atomic mass is 9.83. The maximum absolute atomic E-state index is 11.1. The third-order valence-electron chi connectivity index (χ3n) is 23.7. The molecule has 4 aliphatic heterocycles. The molecule has 0 saturated carbocycles. The second-order valence-electron chi connectivity index (χ2n) is 33.6. The van der Waals surface area contributed by atoms with Crippen molar-refractivity contribution in [2.45, 2.75) is 353 Å². The van der Waals surface area contributed by atoms with Gasteiger partial charge in [0.15, 0.2) is 25.2 Å². The van der Waals surface area contributed by atoms with E-state index in [2.05, 4.69) is 121 Å². The molecule has 0 amide bonds. The lowest BCUT2D eigenvalue weighted by Gasteiger charge is -2.38. The molecule has 2 saturated heterocycles. The standard InChI is InChI=1S/C84H148N2O10S2/c1-59(2)23-17-25-61(5)27-19-29-63(7)31-21-45-83(15)47-37-73-69(13)79(65(9)67(11)81(73)95-83)93-77(89)35-33-75(87)91-55-43-71-39-49-85(50-40-71)53-57-97-98-58-54-86-51-41-72(42-52-86)44-56-92-76(88)34-36-78(90)94-80-66(10)68(12)82-74(70(80)14)38-48-84(16,96-82)46-22-32-64(8)30-20-28-62(6)26-18-24-60(3)4/h59-64,71-72,75-78,87-90H,17-58H2,1-16H3. The molecule has 98 heavy (non-hydrogen) atoms. The van der Waals surface area contributed by atoms with Gasteiger partial charge in [0.1, 0.15) is 34.2 Å². The van der Waals surface area contributed by atoms with Crippen molar-refractivity contribution < 1.29 is 48.8 Å². The van der Waals surface area contributed by atoms with Crippen molar-refractivity contribution in [3.63, 3.8) is 0 Å². The summed E-state index contributed by atoms with van der Waals surface area (Å²) >= 11 is 0. The molecule has 4 heterocycles. The van der Waals surface area contributed by atoms with Gasteiger partial charge >= 0.3 is 0 Å². The second kappa shape index (κ2) is 44.1. The van der Waals surface area contributed by atoms with Gasteiger partial charge in [0, 0.05) is 74.6 Å². The number of rotatable bonds is 49. The smallest absolute Gasteiger partial charge is 0.197 e. The van der Waals surface area contributed by atoms with E-state index in [9.17, 15) is 20.4 Å². The van der Waals surface area contributed by atoms with E-state index in [1.165, 1.54) is 114 Å². The zero-order valence-electron chi connectivity index (χ0n) is 65.6. The Balaban J connectivity index is 0.739.